The number of benzene rings is 3. The van der Waals surface area contributed by atoms with Gasteiger partial charge < -0.3 is 5.32 Å². The number of fused-ring (bicyclic) bond motifs is 1. The van der Waals surface area contributed by atoms with E-state index in [1.165, 1.54) is 11.8 Å². The van der Waals surface area contributed by atoms with Gasteiger partial charge in [0, 0.05) is 17.8 Å². The number of amides is 1. The summed E-state index contributed by atoms with van der Waals surface area (Å²) in [6.45, 7) is 6.28. The molecule has 0 bridgehead atoms. The normalized spacial score (nSPS) is 11.9. The van der Waals surface area contributed by atoms with Crippen LogP contribution in [0.2, 0.25) is 0 Å². The van der Waals surface area contributed by atoms with Crippen LogP contribution >= 0.6 is 11.8 Å². The van der Waals surface area contributed by atoms with Gasteiger partial charge in [-0.05, 0) is 29.8 Å². The van der Waals surface area contributed by atoms with Crippen LogP contribution in [0.25, 0.3) is 22.2 Å². The number of rotatable bonds is 7. The molecule has 0 aliphatic heterocycles. The first kappa shape index (κ1) is 19.9. The van der Waals surface area contributed by atoms with Gasteiger partial charge in [0.25, 0.3) is 0 Å². The number of carbonyl (C=O) groups is 1. The monoisotopic (exact) mass is 414 g/mol. The maximum absolute atomic E-state index is 12.8. The molecule has 1 atom stereocenters. The molecule has 1 amide bonds. The minimum atomic E-state index is -0.340. The fourth-order valence-electron chi connectivity index (χ4n) is 3.19. The summed E-state index contributed by atoms with van der Waals surface area (Å²) in [6.07, 6.45) is 1.81. The lowest BCUT2D eigenvalue weighted by molar-refractivity contribution is -0.115. The van der Waals surface area contributed by atoms with Gasteiger partial charge in [-0.3, -0.25) is 9.36 Å². The van der Waals surface area contributed by atoms with Crippen molar-refractivity contribution in [1.29, 1.82) is 0 Å². The number of hydrogen-bond donors (Lipinski definition) is 1. The molecule has 0 unspecified atom stereocenters. The zero-order valence-electron chi connectivity index (χ0n) is 16.7. The predicted octanol–water partition coefficient (Wildman–Crippen LogP) is 5.40. The first-order valence-corrected chi connectivity index (χ1v) is 10.6. The summed E-state index contributed by atoms with van der Waals surface area (Å²) >= 11 is 1.39. The Hall–Kier alpha value is -3.38. The molecule has 4 aromatic rings. The van der Waals surface area contributed by atoms with E-state index in [-0.39, 0.29) is 11.2 Å². The maximum Gasteiger partial charge on any atom is 0.237 e. The SMILES string of the molecule is C=CCn1c(S[C@H](C)C(=O)Nc2ccc3ccccc3c2)nnc1-c1ccccc1. The molecule has 0 saturated carbocycles. The Bertz CT molecular complexity index is 1190. The molecule has 0 aliphatic rings. The highest BCUT2D eigenvalue weighted by Gasteiger charge is 2.20. The van der Waals surface area contributed by atoms with E-state index in [1.54, 1.807) is 6.08 Å². The van der Waals surface area contributed by atoms with E-state index >= 15 is 0 Å². The lowest BCUT2D eigenvalue weighted by atomic mass is 10.1. The van der Waals surface area contributed by atoms with Gasteiger partial charge in [-0.2, -0.15) is 0 Å². The number of anilines is 1. The van der Waals surface area contributed by atoms with E-state index < -0.39 is 0 Å². The van der Waals surface area contributed by atoms with E-state index in [2.05, 4.69) is 28.2 Å². The third-order valence-corrected chi connectivity index (χ3v) is 5.81. The van der Waals surface area contributed by atoms with Crippen LogP contribution in [0.3, 0.4) is 0 Å². The fourth-order valence-corrected chi connectivity index (χ4v) is 4.05. The van der Waals surface area contributed by atoms with Crippen LogP contribution in [0.15, 0.2) is 90.6 Å². The van der Waals surface area contributed by atoms with Crippen molar-refractivity contribution in [3.8, 4) is 11.4 Å². The summed E-state index contributed by atoms with van der Waals surface area (Å²) in [5.41, 5.74) is 1.76. The van der Waals surface area contributed by atoms with Crippen LogP contribution in [0, 0.1) is 0 Å². The molecule has 1 aromatic heterocycles. The van der Waals surface area contributed by atoms with Crippen molar-refractivity contribution in [2.75, 3.05) is 5.32 Å². The molecule has 30 heavy (non-hydrogen) atoms. The molecule has 150 valence electrons. The molecule has 5 nitrogen and oxygen atoms in total. The molecular formula is C24H22N4OS. The highest BCUT2D eigenvalue weighted by Crippen LogP contribution is 2.28. The van der Waals surface area contributed by atoms with Crippen molar-refractivity contribution < 1.29 is 4.79 Å². The van der Waals surface area contributed by atoms with Crippen molar-refractivity contribution in [3.05, 3.63) is 85.5 Å². The lowest BCUT2D eigenvalue weighted by Crippen LogP contribution is -2.23. The van der Waals surface area contributed by atoms with Gasteiger partial charge in [0.1, 0.15) is 0 Å². The molecular weight excluding hydrogens is 392 g/mol. The zero-order chi connectivity index (χ0) is 20.9. The quantitative estimate of drug-likeness (QED) is 0.325. The van der Waals surface area contributed by atoms with Crippen LogP contribution in [0.1, 0.15) is 6.92 Å². The number of allylic oxidation sites excluding steroid dienone is 1. The van der Waals surface area contributed by atoms with E-state index in [0.29, 0.717) is 11.7 Å². The summed E-state index contributed by atoms with van der Waals surface area (Å²) in [5.74, 6) is 0.685. The highest BCUT2D eigenvalue weighted by molar-refractivity contribution is 8.00. The Kier molecular flexibility index (Phi) is 5.95. The van der Waals surface area contributed by atoms with Gasteiger partial charge in [0.15, 0.2) is 11.0 Å². The van der Waals surface area contributed by atoms with E-state index in [4.69, 9.17) is 0 Å². The van der Waals surface area contributed by atoms with Crippen molar-refractivity contribution >= 4 is 34.1 Å². The van der Waals surface area contributed by atoms with Gasteiger partial charge in [0.2, 0.25) is 5.91 Å². The molecule has 1 N–H and O–H groups in total. The van der Waals surface area contributed by atoms with Gasteiger partial charge in [-0.15, -0.1) is 16.8 Å². The summed E-state index contributed by atoms with van der Waals surface area (Å²) in [6, 6.07) is 23.9. The Labute approximate surface area is 179 Å². The van der Waals surface area contributed by atoms with Crippen molar-refractivity contribution in [3.63, 3.8) is 0 Å². The topological polar surface area (TPSA) is 59.8 Å². The van der Waals surface area contributed by atoms with E-state index in [1.807, 2.05) is 78.2 Å². The molecule has 6 heteroatoms. The lowest BCUT2D eigenvalue weighted by Gasteiger charge is -2.13. The Morgan fingerprint density at radius 2 is 1.80 bits per heavy atom. The number of nitrogens with one attached hydrogen (secondary N) is 1. The van der Waals surface area contributed by atoms with Crippen LogP contribution < -0.4 is 5.32 Å². The molecule has 3 aromatic carbocycles. The standard InChI is InChI=1S/C24H22N4OS/c1-3-15-28-22(19-10-5-4-6-11-19)26-27-24(28)30-17(2)23(29)25-21-14-13-18-9-7-8-12-20(18)16-21/h3-14,16-17H,1,15H2,2H3,(H,25,29)/t17-/m1/s1. The number of nitrogens with zero attached hydrogens (tertiary/aromatic N) is 3. The smallest absolute Gasteiger partial charge is 0.237 e. The third-order valence-electron chi connectivity index (χ3n) is 4.73. The molecule has 1 heterocycles. The van der Waals surface area contributed by atoms with E-state index in [9.17, 15) is 4.79 Å². The summed E-state index contributed by atoms with van der Waals surface area (Å²) in [5, 5.41) is 14.3. The third kappa shape index (κ3) is 4.28. The van der Waals surface area contributed by atoms with E-state index in [0.717, 1.165) is 27.8 Å². The first-order chi connectivity index (χ1) is 14.7. The summed E-state index contributed by atoms with van der Waals surface area (Å²) in [4.78, 5) is 12.8. The van der Waals surface area contributed by atoms with Crippen molar-refractivity contribution in [2.45, 2.75) is 23.9 Å². The average Bonchev–Trinajstić information content (AvgIpc) is 3.16. The molecule has 0 fully saturated rings. The van der Waals surface area contributed by atoms with Crippen molar-refractivity contribution in [1.82, 2.24) is 14.8 Å². The van der Waals surface area contributed by atoms with Gasteiger partial charge in [0.05, 0.1) is 5.25 Å². The number of aromatic nitrogens is 3. The molecule has 0 saturated heterocycles. The van der Waals surface area contributed by atoms with Crippen molar-refractivity contribution in [2.24, 2.45) is 0 Å². The average molecular weight is 415 g/mol. The van der Waals surface area contributed by atoms with Crippen LogP contribution in [-0.2, 0) is 11.3 Å². The maximum atomic E-state index is 12.8. The largest absolute Gasteiger partial charge is 0.325 e. The molecule has 0 aliphatic carbocycles. The first-order valence-electron chi connectivity index (χ1n) is 9.71. The van der Waals surface area contributed by atoms with Gasteiger partial charge in [-0.1, -0.05) is 78.5 Å². The predicted molar refractivity (Wildman–Crippen MR) is 124 cm³/mol. The second-order valence-electron chi connectivity index (χ2n) is 6.88. The fraction of sp³-hybridized carbons (Fsp3) is 0.125. The molecule has 0 spiro atoms. The Morgan fingerprint density at radius 3 is 2.57 bits per heavy atom. The molecule has 4 rings (SSSR count). The number of carbonyl (C=O) groups excluding carboxylic acids is 1. The summed E-state index contributed by atoms with van der Waals surface area (Å²) in [7, 11) is 0. The second kappa shape index (κ2) is 8.97. The number of hydrogen-bond acceptors (Lipinski definition) is 4. The highest BCUT2D eigenvalue weighted by atomic mass is 32.2. The zero-order valence-corrected chi connectivity index (χ0v) is 17.5. The van der Waals surface area contributed by atoms with Crippen LogP contribution in [0.5, 0.6) is 0 Å². The second-order valence-corrected chi connectivity index (χ2v) is 8.19. The van der Waals surface area contributed by atoms with Crippen LogP contribution in [0.4, 0.5) is 5.69 Å². The number of thioether (sulfide) groups is 1. The van der Waals surface area contributed by atoms with Gasteiger partial charge >= 0.3 is 0 Å². The minimum absolute atomic E-state index is 0.0790. The minimum Gasteiger partial charge on any atom is -0.325 e. The van der Waals surface area contributed by atoms with Gasteiger partial charge in [-0.25, -0.2) is 0 Å². The molecule has 0 radical (unpaired) electrons. The summed E-state index contributed by atoms with van der Waals surface area (Å²) < 4.78 is 1.98. The Morgan fingerprint density at radius 1 is 1.07 bits per heavy atom. The Balaban J connectivity index is 1.51. The van der Waals surface area contributed by atoms with Crippen LogP contribution in [-0.4, -0.2) is 25.9 Å².